The largest absolute Gasteiger partial charge is 0.352 e. The molecule has 1 aliphatic heterocycles. The Hall–Kier alpha value is -1.98. The van der Waals surface area contributed by atoms with E-state index in [1.54, 1.807) is 4.90 Å². The lowest BCUT2D eigenvalue weighted by Gasteiger charge is -2.35. The van der Waals surface area contributed by atoms with E-state index >= 15 is 0 Å². The van der Waals surface area contributed by atoms with Gasteiger partial charge in [-0.15, -0.1) is 0 Å². The lowest BCUT2D eigenvalue weighted by Crippen LogP contribution is -2.54. The minimum atomic E-state index is -0.0310. The van der Waals surface area contributed by atoms with Crippen molar-refractivity contribution >= 4 is 11.9 Å². The molecule has 1 aliphatic rings. The normalized spacial score (nSPS) is 15.4. The summed E-state index contributed by atoms with van der Waals surface area (Å²) in [7, 11) is 2.02. The van der Waals surface area contributed by atoms with Crippen LogP contribution in [0.5, 0.6) is 0 Å². The van der Waals surface area contributed by atoms with Crippen LogP contribution in [0.15, 0.2) is 6.07 Å². The number of piperazine rings is 1. The number of nitrogens with one attached hydrogen (secondary N) is 1. The molecule has 6 heteroatoms. The average molecular weight is 348 g/mol. The number of aromatic nitrogens is 1. The molecule has 2 heterocycles. The van der Waals surface area contributed by atoms with Gasteiger partial charge in [-0.2, -0.15) is 0 Å². The molecule has 0 saturated carbocycles. The Kier molecular flexibility index (Phi) is 5.80. The Bertz CT molecular complexity index is 635. The third-order valence-corrected chi connectivity index (χ3v) is 4.91. The molecule has 1 N–H and O–H groups in total. The van der Waals surface area contributed by atoms with Crippen LogP contribution in [0, 0.1) is 19.3 Å². The van der Waals surface area contributed by atoms with E-state index in [9.17, 15) is 9.59 Å². The topological polar surface area (TPSA) is 57.6 Å². The second kappa shape index (κ2) is 7.50. The van der Waals surface area contributed by atoms with Gasteiger partial charge in [0.15, 0.2) is 0 Å². The molecule has 3 amide bonds. The van der Waals surface area contributed by atoms with Gasteiger partial charge in [0.25, 0.3) is 0 Å². The molecule has 0 bridgehead atoms. The van der Waals surface area contributed by atoms with E-state index in [2.05, 4.69) is 43.6 Å². The molecule has 0 aromatic carbocycles. The molecule has 1 aromatic heterocycles. The number of nitrogens with zero attached hydrogens (tertiary/aromatic N) is 3. The zero-order chi connectivity index (χ0) is 18.8. The van der Waals surface area contributed by atoms with Gasteiger partial charge >= 0.3 is 6.03 Å². The molecule has 0 aliphatic carbocycles. The fourth-order valence-corrected chi connectivity index (χ4v) is 3.00. The molecule has 0 unspecified atom stereocenters. The van der Waals surface area contributed by atoms with Crippen molar-refractivity contribution in [3.05, 3.63) is 23.0 Å². The number of amides is 3. The van der Waals surface area contributed by atoms with Crippen molar-refractivity contribution < 1.29 is 9.59 Å². The zero-order valence-electron chi connectivity index (χ0n) is 16.5. The van der Waals surface area contributed by atoms with E-state index in [0.29, 0.717) is 39.1 Å². The van der Waals surface area contributed by atoms with E-state index < -0.39 is 0 Å². The van der Waals surface area contributed by atoms with Crippen molar-refractivity contribution in [1.29, 1.82) is 0 Å². The lowest BCUT2D eigenvalue weighted by atomic mass is 9.97. The van der Waals surface area contributed by atoms with Crippen LogP contribution >= 0.6 is 0 Å². The minimum Gasteiger partial charge on any atom is -0.352 e. The van der Waals surface area contributed by atoms with Crippen LogP contribution in [0.25, 0.3) is 0 Å². The molecule has 140 valence electrons. The Balaban J connectivity index is 1.84. The Morgan fingerprint density at radius 1 is 1.08 bits per heavy atom. The number of urea groups is 1. The molecular formula is C19H32N4O2. The van der Waals surface area contributed by atoms with Gasteiger partial charge in [-0.05, 0) is 30.9 Å². The standard InChI is InChI=1S/C19H32N4O2/c1-14-11-16(15(2)21(14)6)12-17(24)22-7-9-23(10-8-22)18(25)20-13-19(3,4)5/h11H,7-10,12-13H2,1-6H3,(H,20,25). The SMILES string of the molecule is Cc1cc(CC(=O)N2CCN(C(=O)NCC(C)(C)C)CC2)c(C)n1C. The maximum atomic E-state index is 12.6. The summed E-state index contributed by atoms with van der Waals surface area (Å²) in [6.45, 7) is 13.4. The quantitative estimate of drug-likeness (QED) is 0.909. The number of aryl methyl sites for hydroxylation is 1. The summed E-state index contributed by atoms with van der Waals surface area (Å²) < 4.78 is 2.11. The van der Waals surface area contributed by atoms with Gasteiger partial charge in [-0.25, -0.2) is 4.79 Å². The molecule has 6 nitrogen and oxygen atoms in total. The molecule has 2 rings (SSSR count). The van der Waals surface area contributed by atoms with Gasteiger partial charge in [-0.1, -0.05) is 20.8 Å². The summed E-state index contributed by atoms with van der Waals surface area (Å²) in [5.74, 6) is 0.142. The number of hydrogen-bond donors (Lipinski definition) is 1. The van der Waals surface area contributed by atoms with Gasteiger partial charge < -0.3 is 19.7 Å². The first-order valence-electron chi connectivity index (χ1n) is 9.01. The van der Waals surface area contributed by atoms with Crippen LogP contribution < -0.4 is 5.32 Å². The molecule has 1 saturated heterocycles. The molecule has 0 atom stereocenters. The third-order valence-electron chi connectivity index (χ3n) is 4.91. The smallest absolute Gasteiger partial charge is 0.317 e. The second-order valence-electron chi connectivity index (χ2n) is 8.22. The van der Waals surface area contributed by atoms with Crippen molar-refractivity contribution in [3.8, 4) is 0 Å². The second-order valence-corrected chi connectivity index (χ2v) is 8.22. The maximum absolute atomic E-state index is 12.6. The van der Waals surface area contributed by atoms with E-state index in [0.717, 1.165) is 11.3 Å². The number of carbonyl (C=O) groups excluding carboxylic acids is 2. The van der Waals surface area contributed by atoms with Gasteiger partial charge in [0.2, 0.25) is 5.91 Å². The van der Waals surface area contributed by atoms with Gasteiger partial charge in [0, 0.05) is 51.2 Å². The fourth-order valence-electron chi connectivity index (χ4n) is 3.00. The predicted octanol–water partition coefficient (Wildman–Crippen LogP) is 2.08. The summed E-state index contributed by atoms with van der Waals surface area (Å²) in [4.78, 5) is 28.4. The average Bonchev–Trinajstić information content (AvgIpc) is 2.79. The van der Waals surface area contributed by atoms with E-state index in [-0.39, 0.29) is 17.4 Å². The predicted molar refractivity (Wildman–Crippen MR) is 99.6 cm³/mol. The minimum absolute atomic E-state index is 0.0310. The number of carbonyl (C=O) groups is 2. The van der Waals surface area contributed by atoms with Crippen molar-refractivity contribution in [2.75, 3.05) is 32.7 Å². The molecule has 1 fully saturated rings. The summed E-state index contributed by atoms with van der Waals surface area (Å²) in [5.41, 5.74) is 3.47. The summed E-state index contributed by atoms with van der Waals surface area (Å²) >= 11 is 0. The number of hydrogen-bond acceptors (Lipinski definition) is 2. The molecular weight excluding hydrogens is 316 g/mol. The van der Waals surface area contributed by atoms with Gasteiger partial charge in [0.05, 0.1) is 6.42 Å². The van der Waals surface area contributed by atoms with Crippen LogP contribution in [0.2, 0.25) is 0 Å². The van der Waals surface area contributed by atoms with Crippen LogP contribution in [-0.2, 0) is 18.3 Å². The van der Waals surface area contributed by atoms with Crippen LogP contribution in [-0.4, -0.2) is 59.0 Å². The summed E-state index contributed by atoms with van der Waals surface area (Å²) in [6, 6.07) is 2.06. The zero-order valence-corrected chi connectivity index (χ0v) is 16.5. The first kappa shape index (κ1) is 19.3. The maximum Gasteiger partial charge on any atom is 0.317 e. The van der Waals surface area contributed by atoms with Crippen LogP contribution in [0.3, 0.4) is 0 Å². The summed E-state index contributed by atoms with van der Waals surface area (Å²) in [6.07, 6.45) is 0.434. The fraction of sp³-hybridized carbons (Fsp3) is 0.684. The molecule has 25 heavy (non-hydrogen) atoms. The van der Waals surface area contributed by atoms with Crippen LogP contribution in [0.4, 0.5) is 4.79 Å². The third kappa shape index (κ3) is 5.00. The van der Waals surface area contributed by atoms with E-state index in [1.165, 1.54) is 5.69 Å². The van der Waals surface area contributed by atoms with E-state index in [4.69, 9.17) is 0 Å². The Morgan fingerprint density at radius 3 is 2.12 bits per heavy atom. The highest BCUT2D eigenvalue weighted by molar-refractivity contribution is 5.80. The molecule has 0 radical (unpaired) electrons. The molecule has 1 aromatic rings. The first-order valence-corrected chi connectivity index (χ1v) is 9.01. The van der Waals surface area contributed by atoms with Crippen molar-refractivity contribution in [2.24, 2.45) is 12.5 Å². The lowest BCUT2D eigenvalue weighted by molar-refractivity contribution is -0.131. The highest BCUT2D eigenvalue weighted by Crippen LogP contribution is 2.16. The molecule has 0 spiro atoms. The highest BCUT2D eigenvalue weighted by Gasteiger charge is 2.25. The van der Waals surface area contributed by atoms with Gasteiger partial charge in [-0.3, -0.25) is 4.79 Å². The highest BCUT2D eigenvalue weighted by atomic mass is 16.2. The Labute approximate surface area is 151 Å². The first-order chi connectivity index (χ1) is 11.6. The number of rotatable bonds is 3. The van der Waals surface area contributed by atoms with Crippen molar-refractivity contribution in [3.63, 3.8) is 0 Å². The van der Waals surface area contributed by atoms with Gasteiger partial charge in [0.1, 0.15) is 0 Å². The van der Waals surface area contributed by atoms with Crippen molar-refractivity contribution in [2.45, 2.75) is 41.0 Å². The monoisotopic (exact) mass is 348 g/mol. The van der Waals surface area contributed by atoms with Crippen molar-refractivity contribution in [1.82, 2.24) is 19.7 Å². The Morgan fingerprint density at radius 2 is 1.64 bits per heavy atom. The summed E-state index contributed by atoms with van der Waals surface area (Å²) in [5, 5.41) is 2.97. The van der Waals surface area contributed by atoms with E-state index in [1.807, 2.05) is 18.9 Å². The van der Waals surface area contributed by atoms with Crippen LogP contribution in [0.1, 0.15) is 37.7 Å².